The van der Waals surface area contributed by atoms with Crippen LogP contribution in [-0.4, -0.2) is 38.0 Å². The summed E-state index contributed by atoms with van der Waals surface area (Å²) in [6, 6.07) is 22.5. The molecule has 0 radical (unpaired) electrons. The number of esters is 1. The highest BCUT2D eigenvalue weighted by atomic mass is 79.9. The molecular weight excluding hydrogens is 518 g/mol. The van der Waals surface area contributed by atoms with Gasteiger partial charge in [-0.15, -0.1) is 0 Å². The molecule has 0 aliphatic rings. The van der Waals surface area contributed by atoms with E-state index in [9.17, 15) is 4.79 Å². The minimum absolute atomic E-state index is 0.0431. The van der Waals surface area contributed by atoms with Gasteiger partial charge in [-0.25, -0.2) is 4.79 Å². The maximum Gasteiger partial charge on any atom is 0.355 e. The van der Waals surface area contributed by atoms with Crippen molar-refractivity contribution in [1.29, 1.82) is 0 Å². The number of methoxy groups -OCH3 is 2. The van der Waals surface area contributed by atoms with Crippen LogP contribution in [0.3, 0.4) is 0 Å². The van der Waals surface area contributed by atoms with Crippen LogP contribution >= 0.6 is 15.9 Å². The maximum atomic E-state index is 13.2. The molecule has 4 aromatic rings. The first kappa shape index (κ1) is 26.0. The molecule has 0 aliphatic carbocycles. The van der Waals surface area contributed by atoms with E-state index < -0.39 is 0 Å². The Morgan fingerprint density at radius 2 is 1.67 bits per heavy atom. The number of benzene rings is 3. The highest BCUT2D eigenvalue weighted by Crippen LogP contribution is 2.37. The highest BCUT2D eigenvalue weighted by Gasteiger charge is 2.25. The molecule has 3 aromatic carbocycles. The minimum Gasteiger partial charge on any atom is -0.491 e. The first-order chi connectivity index (χ1) is 17.2. The summed E-state index contributed by atoms with van der Waals surface area (Å²) in [6.45, 7) is 8.02. The van der Waals surface area contributed by atoms with Gasteiger partial charge in [-0.05, 0) is 46.4 Å². The van der Waals surface area contributed by atoms with Crippen molar-refractivity contribution in [3.05, 3.63) is 88.0 Å². The molecule has 0 N–H and O–H groups in total. The van der Waals surface area contributed by atoms with E-state index in [1.807, 2.05) is 41.0 Å². The SMILES string of the molecule is COCCOc1cc(Br)cc(Cn2c(C(=O)OC)c(-c3ccc(C(C)(C)C)cc3)c3ccccc32)c1. The summed E-state index contributed by atoms with van der Waals surface area (Å²) in [5, 5.41) is 1.01. The standard InChI is InChI=1S/C30H32BrNO4/c1-30(2,3)22-12-10-21(11-13-22)27-25-8-6-7-9-26(25)32(28(27)29(33)35-5)19-20-16-23(31)18-24(17-20)36-15-14-34-4/h6-13,16-18H,14-15,19H2,1-5H3. The Kier molecular flexibility index (Phi) is 7.86. The number of aromatic nitrogens is 1. The lowest BCUT2D eigenvalue weighted by atomic mass is 9.86. The number of carbonyl (C=O) groups excluding carboxylic acids is 1. The Morgan fingerprint density at radius 3 is 2.33 bits per heavy atom. The van der Waals surface area contributed by atoms with Gasteiger partial charge in [0.15, 0.2) is 0 Å². The molecule has 188 valence electrons. The summed E-state index contributed by atoms with van der Waals surface area (Å²) in [6.07, 6.45) is 0. The van der Waals surface area contributed by atoms with Crippen LogP contribution in [0.5, 0.6) is 5.75 Å². The highest BCUT2D eigenvalue weighted by molar-refractivity contribution is 9.10. The fourth-order valence-corrected chi connectivity index (χ4v) is 4.95. The summed E-state index contributed by atoms with van der Waals surface area (Å²) in [5.41, 5.74) is 5.64. The molecule has 0 fully saturated rings. The van der Waals surface area contributed by atoms with E-state index in [1.165, 1.54) is 12.7 Å². The smallest absolute Gasteiger partial charge is 0.355 e. The molecule has 1 aromatic heterocycles. The second-order valence-electron chi connectivity index (χ2n) is 9.78. The minimum atomic E-state index is -0.368. The molecule has 0 amide bonds. The number of ether oxygens (including phenoxy) is 3. The van der Waals surface area contributed by atoms with E-state index in [4.69, 9.17) is 14.2 Å². The Bertz CT molecular complexity index is 1370. The summed E-state index contributed by atoms with van der Waals surface area (Å²) in [5.74, 6) is 0.373. The van der Waals surface area contributed by atoms with Gasteiger partial charge in [0.25, 0.3) is 0 Å². The van der Waals surface area contributed by atoms with Gasteiger partial charge >= 0.3 is 5.97 Å². The second kappa shape index (κ2) is 10.9. The normalized spacial score (nSPS) is 11.6. The maximum absolute atomic E-state index is 13.2. The van der Waals surface area contributed by atoms with Crippen LogP contribution in [0, 0.1) is 0 Å². The van der Waals surface area contributed by atoms with Crippen LogP contribution in [0.2, 0.25) is 0 Å². The molecule has 0 unspecified atom stereocenters. The Labute approximate surface area is 221 Å². The summed E-state index contributed by atoms with van der Waals surface area (Å²) >= 11 is 3.60. The Balaban J connectivity index is 1.86. The molecule has 0 atom stereocenters. The number of fused-ring (bicyclic) bond motifs is 1. The largest absolute Gasteiger partial charge is 0.491 e. The van der Waals surface area contributed by atoms with Crippen molar-refractivity contribution in [1.82, 2.24) is 4.57 Å². The number of nitrogens with zero attached hydrogens (tertiary/aromatic N) is 1. The van der Waals surface area contributed by atoms with Gasteiger partial charge in [0, 0.05) is 34.6 Å². The lowest BCUT2D eigenvalue weighted by Gasteiger charge is -2.19. The Hall–Kier alpha value is -3.09. The monoisotopic (exact) mass is 549 g/mol. The van der Waals surface area contributed by atoms with E-state index >= 15 is 0 Å². The average molecular weight is 550 g/mol. The number of hydrogen-bond acceptors (Lipinski definition) is 4. The molecule has 0 saturated carbocycles. The fourth-order valence-electron chi connectivity index (χ4n) is 4.43. The zero-order chi connectivity index (χ0) is 25.9. The summed E-state index contributed by atoms with van der Waals surface area (Å²) in [4.78, 5) is 13.2. The first-order valence-corrected chi connectivity index (χ1v) is 12.7. The van der Waals surface area contributed by atoms with Gasteiger partial charge in [-0.3, -0.25) is 0 Å². The van der Waals surface area contributed by atoms with E-state index in [-0.39, 0.29) is 11.4 Å². The van der Waals surface area contributed by atoms with Crippen LogP contribution < -0.4 is 4.74 Å². The third-order valence-electron chi connectivity index (χ3n) is 6.22. The van der Waals surface area contributed by atoms with Crippen LogP contribution in [0.1, 0.15) is 42.4 Å². The first-order valence-electron chi connectivity index (χ1n) is 11.9. The topological polar surface area (TPSA) is 49.7 Å². The van der Waals surface area contributed by atoms with E-state index in [0.717, 1.165) is 37.8 Å². The van der Waals surface area contributed by atoms with Gasteiger partial charge in [0.1, 0.15) is 18.1 Å². The van der Waals surface area contributed by atoms with Gasteiger partial charge in [-0.1, -0.05) is 79.2 Å². The van der Waals surface area contributed by atoms with Crippen molar-refractivity contribution in [2.75, 3.05) is 27.4 Å². The predicted octanol–water partition coefficient (Wildman–Crippen LogP) is 7.23. The van der Waals surface area contributed by atoms with Gasteiger partial charge in [0.05, 0.1) is 13.7 Å². The van der Waals surface area contributed by atoms with Gasteiger partial charge in [-0.2, -0.15) is 0 Å². The fraction of sp³-hybridized carbons (Fsp3) is 0.300. The summed E-state index contributed by atoms with van der Waals surface area (Å²) in [7, 11) is 3.08. The van der Waals surface area contributed by atoms with Crippen molar-refractivity contribution in [3.63, 3.8) is 0 Å². The number of halogens is 1. The lowest BCUT2D eigenvalue weighted by molar-refractivity contribution is 0.0590. The van der Waals surface area contributed by atoms with Crippen molar-refractivity contribution in [2.45, 2.75) is 32.7 Å². The predicted molar refractivity (Wildman–Crippen MR) is 148 cm³/mol. The number of carbonyl (C=O) groups is 1. The van der Waals surface area contributed by atoms with Crippen molar-refractivity contribution in [3.8, 4) is 16.9 Å². The molecule has 36 heavy (non-hydrogen) atoms. The third kappa shape index (κ3) is 5.50. The molecule has 0 saturated heterocycles. The average Bonchev–Trinajstić information content (AvgIpc) is 3.17. The third-order valence-corrected chi connectivity index (χ3v) is 6.68. The number of rotatable bonds is 8. The van der Waals surface area contributed by atoms with Gasteiger partial charge < -0.3 is 18.8 Å². The van der Waals surface area contributed by atoms with Crippen LogP contribution in [0.15, 0.2) is 71.2 Å². The van der Waals surface area contributed by atoms with Crippen molar-refractivity contribution in [2.24, 2.45) is 0 Å². The molecule has 6 heteroatoms. The van der Waals surface area contributed by atoms with E-state index in [2.05, 4.69) is 67.0 Å². The molecule has 0 spiro atoms. The van der Waals surface area contributed by atoms with Crippen LogP contribution in [0.4, 0.5) is 0 Å². The summed E-state index contributed by atoms with van der Waals surface area (Å²) < 4.78 is 19.2. The molecule has 0 aliphatic heterocycles. The molecule has 0 bridgehead atoms. The number of para-hydroxylation sites is 1. The van der Waals surface area contributed by atoms with Crippen LogP contribution in [-0.2, 0) is 21.4 Å². The lowest BCUT2D eigenvalue weighted by Crippen LogP contribution is -2.13. The zero-order valence-electron chi connectivity index (χ0n) is 21.4. The Morgan fingerprint density at radius 1 is 0.944 bits per heavy atom. The van der Waals surface area contributed by atoms with E-state index in [1.54, 1.807) is 7.11 Å². The molecular formula is C30H32BrNO4. The second-order valence-corrected chi connectivity index (χ2v) is 10.7. The van der Waals surface area contributed by atoms with E-state index in [0.29, 0.717) is 25.5 Å². The van der Waals surface area contributed by atoms with Gasteiger partial charge in [0.2, 0.25) is 0 Å². The van der Waals surface area contributed by atoms with Crippen molar-refractivity contribution < 1.29 is 19.0 Å². The molecule has 1 heterocycles. The quantitative estimate of drug-likeness (QED) is 0.172. The number of hydrogen-bond donors (Lipinski definition) is 0. The zero-order valence-corrected chi connectivity index (χ0v) is 23.0. The molecule has 5 nitrogen and oxygen atoms in total. The van der Waals surface area contributed by atoms with Crippen LogP contribution in [0.25, 0.3) is 22.0 Å². The van der Waals surface area contributed by atoms with Crippen molar-refractivity contribution >= 4 is 32.8 Å². The molecule has 4 rings (SSSR count).